The summed E-state index contributed by atoms with van der Waals surface area (Å²) in [5.41, 5.74) is 9.90. The Hall–Kier alpha value is -6.40. The second-order valence-electron chi connectivity index (χ2n) is 12.3. The van der Waals surface area contributed by atoms with Gasteiger partial charge in [0.25, 0.3) is 0 Å². The largest absolute Gasteiger partial charge is 0.453 e. The highest BCUT2D eigenvalue weighted by Gasteiger charge is 2.35. The van der Waals surface area contributed by atoms with E-state index in [9.17, 15) is 8.78 Å². The molecule has 0 aliphatic carbocycles. The quantitative estimate of drug-likeness (QED) is 0.184. The van der Waals surface area contributed by atoms with E-state index in [1.165, 1.54) is 24.3 Å². The molecule has 0 fully saturated rings. The average molecular weight is 657 g/mol. The van der Waals surface area contributed by atoms with E-state index in [4.69, 9.17) is 9.47 Å². The van der Waals surface area contributed by atoms with Crippen LogP contribution in [0.15, 0.2) is 152 Å². The van der Waals surface area contributed by atoms with Crippen molar-refractivity contribution in [1.29, 1.82) is 0 Å². The maximum absolute atomic E-state index is 14.5. The molecule has 0 saturated heterocycles. The number of nitrogens with zero attached hydrogens (tertiary/aromatic N) is 2. The van der Waals surface area contributed by atoms with Gasteiger partial charge in [-0.2, -0.15) is 0 Å². The van der Waals surface area contributed by atoms with Crippen LogP contribution in [0.3, 0.4) is 0 Å². The summed E-state index contributed by atoms with van der Waals surface area (Å²) >= 11 is 0. The second kappa shape index (κ2) is 11.9. The van der Waals surface area contributed by atoms with Crippen LogP contribution >= 0.6 is 0 Å². The van der Waals surface area contributed by atoms with Crippen LogP contribution in [-0.4, -0.2) is 0 Å². The first-order valence-electron chi connectivity index (χ1n) is 16.6. The fraction of sp³-hybridized carbons (Fsp3) is 0.0455. The molecular formula is C44H30F2N2O2. The molecule has 0 unspecified atom stereocenters. The number of benzene rings is 7. The molecular weight excluding hydrogens is 626 g/mol. The van der Waals surface area contributed by atoms with Crippen LogP contribution < -0.4 is 19.3 Å². The fourth-order valence-corrected chi connectivity index (χ4v) is 7.15. The maximum atomic E-state index is 14.5. The smallest absolute Gasteiger partial charge is 0.151 e. The molecule has 0 radical (unpaired) electrons. The van der Waals surface area contributed by atoms with Gasteiger partial charge in [-0.15, -0.1) is 0 Å². The molecule has 6 heteroatoms. The van der Waals surface area contributed by atoms with Gasteiger partial charge in [0.1, 0.15) is 11.6 Å². The molecule has 7 aromatic rings. The lowest BCUT2D eigenvalue weighted by Crippen LogP contribution is -2.22. The second-order valence-corrected chi connectivity index (χ2v) is 12.3. The molecule has 2 aliphatic rings. The summed E-state index contributed by atoms with van der Waals surface area (Å²) in [4.78, 5) is 4.53. The summed E-state index contributed by atoms with van der Waals surface area (Å²) in [6.45, 7) is 2.15. The van der Waals surface area contributed by atoms with E-state index in [2.05, 4.69) is 47.1 Å². The van der Waals surface area contributed by atoms with Crippen LogP contribution in [0.2, 0.25) is 0 Å². The Morgan fingerprint density at radius 3 is 1.08 bits per heavy atom. The van der Waals surface area contributed by atoms with Crippen LogP contribution in [0.5, 0.6) is 23.0 Å². The Kier molecular flexibility index (Phi) is 7.09. The van der Waals surface area contributed by atoms with E-state index in [1.54, 1.807) is 0 Å². The van der Waals surface area contributed by atoms with Crippen molar-refractivity contribution < 1.29 is 18.3 Å². The first-order chi connectivity index (χ1) is 24.6. The molecule has 9 rings (SSSR count). The van der Waals surface area contributed by atoms with Crippen molar-refractivity contribution in [1.82, 2.24) is 0 Å². The first-order valence-corrected chi connectivity index (χ1v) is 16.6. The van der Waals surface area contributed by atoms with E-state index < -0.39 is 0 Å². The van der Waals surface area contributed by atoms with Crippen LogP contribution in [0.1, 0.15) is 12.5 Å². The SMILES string of the molecule is CCc1c(N2c3ccccc3Oc3ccccc32)c(-c2ccc(F)cc2)cc(-c2ccc(F)cc2)c1N1c2ccccc2Oc2ccccc21. The third-order valence-corrected chi connectivity index (χ3v) is 9.35. The number of rotatable bonds is 5. The minimum atomic E-state index is -0.315. The fourth-order valence-electron chi connectivity index (χ4n) is 7.15. The standard InChI is InChI=1S/C44H30F2N2O2/c1-2-32-43(47-35-11-3-7-15-39(35)49-40-16-8-4-12-36(40)47)33(28-19-23-30(45)24-20-28)27-34(29-21-25-31(46)26-22-29)44(32)48-37-13-5-9-17-41(37)50-42-18-10-6-14-38(42)48/h3-27H,2H2,1H3. The predicted molar refractivity (Wildman–Crippen MR) is 196 cm³/mol. The van der Waals surface area contributed by atoms with Crippen molar-refractivity contribution in [3.8, 4) is 45.3 Å². The van der Waals surface area contributed by atoms with Gasteiger partial charge in [0.2, 0.25) is 0 Å². The molecule has 0 atom stereocenters. The molecule has 0 saturated carbocycles. The molecule has 2 aliphatic heterocycles. The summed E-state index contributed by atoms with van der Waals surface area (Å²) in [6, 6.07) is 47.5. The summed E-state index contributed by atoms with van der Waals surface area (Å²) in [5.74, 6) is 2.28. The molecule has 0 amide bonds. The molecule has 0 spiro atoms. The van der Waals surface area contributed by atoms with Gasteiger partial charge in [-0.05, 0) is 96.4 Å². The Bertz CT molecular complexity index is 2150. The van der Waals surface area contributed by atoms with Crippen LogP contribution in [-0.2, 0) is 6.42 Å². The van der Waals surface area contributed by atoms with Crippen molar-refractivity contribution in [2.24, 2.45) is 0 Å². The summed E-state index contributed by atoms with van der Waals surface area (Å²) in [5, 5.41) is 0. The topological polar surface area (TPSA) is 24.9 Å². The molecule has 242 valence electrons. The van der Waals surface area contributed by atoms with Crippen molar-refractivity contribution in [3.05, 3.63) is 169 Å². The van der Waals surface area contributed by atoms with E-state index >= 15 is 0 Å². The van der Waals surface area contributed by atoms with Gasteiger partial charge in [0.15, 0.2) is 23.0 Å². The van der Waals surface area contributed by atoms with Crippen molar-refractivity contribution >= 4 is 34.1 Å². The van der Waals surface area contributed by atoms with Crippen molar-refractivity contribution in [3.63, 3.8) is 0 Å². The van der Waals surface area contributed by atoms with Gasteiger partial charge in [0.05, 0.1) is 34.1 Å². The number of fused-ring (bicyclic) bond motifs is 4. The molecule has 0 N–H and O–H groups in total. The molecule has 7 aromatic carbocycles. The van der Waals surface area contributed by atoms with Gasteiger partial charge < -0.3 is 19.3 Å². The van der Waals surface area contributed by atoms with E-state index in [0.717, 1.165) is 84.9 Å². The Balaban J connectivity index is 1.46. The number of hydrogen-bond donors (Lipinski definition) is 0. The molecule has 2 heterocycles. The molecule has 50 heavy (non-hydrogen) atoms. The third-order valence-electron chi connectivity index (χ3n) is 9.35. The van der Waals surface area contributed by atoms with E-state index in [-0.39, 0.29) is 11.6 Å². The third kappa shape index (κ3) is 4.79. The number of ether oxygens (including phenoxy) is 2. The zero-order valence-corrected chi connectivity index (χ0v) is 27.1. The zero-order chi connectivity index (χ0) is 33.8. The number of anilines is 6. The van der Waals surface area contributed by atoms with Crippen LogP contribution in [0, 0.1) is 11.6 Å². The number of halogens is 2. The highest BCUT2D eigenvalue weighted by atomic mass is 19.1. The van der Waals surface area contributed by atoms with Crippen LogP contribution in [0.4, 0.5) is 42.9 Å². The maximum Gasteiger partial charge on any atom is 0.151 e. The molecule has 0 aromatic heterocycles. The van der Waals surface area contributed by atoms with Crippen molar-refractivity contribution in [2.75, 3.05) is 9.80 Å². The lowest BCUT2D eigenvalue weighted by molar-refractivity contribution is 0.477. The normalized spacial score (nSPS) is 12.6. The van der Waals surface area contributed by atoms with Crippen LogP contribution in [0.25, 0.3) is 22.3 Å². The summed E-state index contributed by atoms with van der Waals surface area (Å²) in [6.07, 6.45) is 0.622. The molecule has 4 nitrogen and oxygen atoms in total. The highest BCUT2D eigenvalue weighted by molar-refractivity contribution is 6.04. The minimum absolute atomic E-state index is 0.315. The Labute approximate surface area is 289 Å². The molecule has 0 bridgehead atoms. The summed E-state index contributed by atoms with van der Waals surface area (Å²) < 4.78 is 41.9. The van der Waals surface area contributed by atoms with Gasteiger partial charge in [-0.25, -0.2) is 8.78 Å². The Morgan fingerprint density at radius 2 is 0.760 bits per heavy atom. The predicted octanol–water partition coefficient (Wildman–Crippen LogP) is 13.0. The minimum Gasteiger partial charge on any atom is -0.453 e. The zero-order valence-electron chi connectivity index (χ0n) is 27.1. The monoisotopic (exact) mass is 656 g/mol. The van der Waals surface area contributed by atoms with E-state index in [0.29, 0.717) is 6.42 Å². The summed E-state index contributed by atoms with van der Waals surface area (Å²) in [7, 11) is 0. The van der Waals surface area contributed by atoms with Gasteiger partial charge >= 0.3 is 0 Å². The van der Waals surface area contributed by atoms with E-state index in [1.807, 2.05) is 97.1 Å². The first kappa shape index (κ1) is 29.7. The Morgan fingerprint density at radius 1 is 0.440 bits per heavy atom. The van der Waals surface area contributed by atoms with Gasteiger partial charge in [-0.1, -0.05) is 79.7 Å². The average Bonchev–Trinajstić information content (AvgIpc) is 3.16. The number of para-hydroxylation sites is 8. The van der Waals surface area contributed by atoms with Crippen molar-refractivity contribution in [2.45, 2.75) is 13.3 Å². The highest BCUT2D eigenvalue weighted by Crippen LogP contribution is 2.59. The van der Waals surface area contributed by atoms with Gasteiger partial charge in [0, 0.05) is 16.7 Å². The lowest BCUT2D eigenvalue weighted by Gasteiger charge is -2.40. The lowest BCUT2D eigenvalue weighted by atomic mass is 9.88. The van der Waals surface area contributed by atoms with Gasteiger partial charge in [-0.3, -0.25) is 0 Å². The number of hydrogen-bond acceptors (Lipinski definition) is 4.